The SMILES string of the molecule is Cc1ccc(S(=O)(=O)N2CCN(C(=O)/C=C/c3cccnc3)CC2)cc1C. The number of carbonyl (C=O) groups is 1. The molecule has 1 aromatic carbocycles. The van der Waals surface area contributed by atoms with Crippen molar-refractivity contribution in [2.45, 2.75) is 18.7 Å². The predicted molar refractivity (Wildman–Crippen MR) is 105 cm³/mol. The minimum absolute atomic E-state index is 0.123. The van der Waals surface area contributed by atoms with Crippen LogP contribution in [0.25, 0.3) is 6.08 Å². The zero-order chi connectivity index (χ0) is 19.4. The summed E-state index contributed by atoms with van der Waals surface area (Å²) in [5, 5.41) is 0. The van der Waals surface area contributed by atoms with E-state index in [-0.39, 0.29) is 5.91 Å². The molecule has 1 aliphatic heterocycles. The zero-order valence-electron chi connectivity index (χ0n) is 15.5. The van der Waals surface area contributed by atoms with Crippen molar-refractivity contribution < 1.29 is 13.2 Å². The van der Waals surface area contributed by atoms with Crippen LogP contribution in [0.5, 0.6) is 0 Å². The molecule has 1 aromatic heterocycles. The van der Waals surface area contributed by atoms with Crippen molar-refractivity contribution in [2.24, 2.45) is 0 Å². The highest BCUT2D eigenvalue weighted by Gasteiger charge is 2.29. The highest BCUT2D eigenvalue weighted by molar-refractivity contribution is 7.89. The maximum Gasteiger partial charge on any atom is 0.246 e. The van der Waals surface area contributed by atoms with Crippen LogP contribution in [0.2, 0.25) is 0 Å². The molecule has 7 heteroatoms. The lowest BCUT2D eigenvalue weighted by Crippen LogP contribution is -2.50. The maximum atomic E-state index is 12.8. The Hall–Kier alpha value is -2.51. The highest BCUT2D eigenvalue weighted by Crippen LogP contribution is 2.20. The average molecular weight is 385 g/mol. The van der Waals surface area contributed by atoms with E-state index in [1.165, 1.54) is 10.4 Å². The number of aromatic nitrogens is 1. The Kier molecular flexibility index (Phi) is 5.72. The molecule has 2 aromatic rings. The number of benzene rings is 1. The molecule has 0 radical (unpaired) electrons. The summed E-state index contributed by atoms with van der Waals surface area (Å²) in [6, 6.07) is 8.85. The molecule has 2 heterocycles. The van der Waals surface area contributed by atoms with Crippen LogP contribution in [0.3, 0.4) is 0 Å². The van der Waals surface area contributed by atoms with Crippen molar-refractivity contribution in [1.29, 1.82) is 0 Å². The van der Waals surface area contributed by atoms with E-state index in [2.05, 4.69) is 4.98 Å². The van der Waals surface area contributed by atoms with Crippen molar-refractivity contribution in [3.63, 3.8) is 0 Å². The molecule has 0 atom stereocenters. The van der Waals surface area contributed by atoms with E-state index in [1.54, 1.807) is 41.6 Å². The molecule has 3 rings (SSSR count). The van der Waals surface area contributed by atoms with E-state index >= 15 is 0 Å². The summed E-state index contributed by atoms with van der Waals surface area (Å²) < 4.78 is 27.1. The molecule has 1 fully saturated rings. The molecule has 0 spiro atoms. The Morgan fingerprint density at radius 3 is 2.44 bits per heavy atom. The topological polar surface area (TPSA) is 70.6 Å². The average Bonchev–Trinajstić information content (AvgIpc) is 2.69. The normalized spacial score (nSPS) is 16.0. The van der Waals surface area contributed by atoms with Gasteiger partial charge in [0.15, 0.2) is 0 Å². The van der Waals surface area contributed by atoms with Crippen molar-refractivity contribution in [3.8, 4) is 0 Å². The zero-order valence-corrected chi connectivity index (χ0v) is 16.3. The van der Waals surface area contributed by atoms with Crippen LogP contribution in [-0.2, 0) is 14.8 Å². The van der Waals surface area contributed by atoms with Gasteiger partial charge in [-0.3, -0.25) is 9.78 Å². The summed E-state index contributed by atoms with van der Waals surface area (Å²) in [5.74, 6) is -0.123. The van der Waals surface area contributed by atoms with Gasteiger partial charge in [-0.1, -0.05) is 12.1 Å². The quantitative estimate of drug-likeness (QED) is 0.757. The number of piperazine rings is 1. The van der Waals surface area contributed by atoms with Gasteiger partial charge in [0, 0.05) is 44.6 Å². The van der Waals surface area contributed by atoms with Crippen LogP contribution in [0.4, 0.5) is 0 Å². The van der Waals surface area contributed by atoms with E-state index in [0.29, 0.717) is 31.1 Å². The van der Waals surface area contributed by atoms with Crippen molar-refractivity contribution in [1.82, 2.24) is 14.2 Å². The molecule has 27 heavy (non-hydrogen) atoms. The van der Waals surface area contributed by atoms with Gasteiger partial charge < -0.3 is 4.90 Å². The second-order valence-corrected chi connectivity index (χ2v) is 8.53. The number of sulfonamides is 1. The fraction of sp³-hybridized carbons (Fsp3) is 0.300. The number of pyridine rings is 1. The Morgan fingerprint density at radius 1 is 1.07 bits per heavy atom. The number of rotatable bonds is 4. The Balaban J connectivity index is 1.63. The first-order chi connectivity index (χ1) is 12.9. The molecule has 0 unspecified atom stereocenters. The number of carbonyl (C=O) groups excluding carboxylic acids is 1. The molecule has 0 N–H and O–H groups in total. The Labute approximate surface area is 160 Å². The van der Waals surface area contributed by atoms with Crippen LogP contribution < -0.4 is 0 Å². The molecule has 6 nitrogen and oxygen atoms in total. The van der Waals surface area contributed by atoms with Gasteiger partial charge in [-0.2, -0.15) is 4.31 Å². The molecule has 1 amide bonds. The lowest BCUT2D eigenvalue weighted by molar-refractivity contribution is -0.127. The second-order valence-electron chi connectivity index (χ2n) is 6.60. The van der Waals surface area contributed by atoms with Gasteiger partial charge >= 0.3 is 0 Å². The van der Waals surface area contributed by atoms with E-state index in [0.717, 1.165) is 16.7 Å². The van der Waals surface area contributed by atoms with Crippen LogP contribution in [0.1, 0.15) is 16.7 Å². The van der Waals surface area contributed by atoms with Crippen molar-refractivity contribution in [2.75, 3.05) is 26.2 Å². The largest absolute Gasteiger partial charge is 0.337 e. The minimum Gasteiger partial charge on any atom is -0.337 e. The number of hydrogen-bond donors (Lipinski definition) is 0. The molecule has 1 aliphatic rings. The van der Waals surface area contributed by atoms with Gasteiger partial charge in [0.2, 0.25) is 15.9 Å². The number of nitrogens with zero attached hydrogens (tertiary/aromatic N) is 3. The highest BCUT2D eigenvalue weighted by atomic mass is 32.2. The van der Waals surface area contributed by atoms with E-state index < -0.39 is 10.0 Å². The summed E-state index contributed by atoms with van der Waals surface area (Å²) >= 11 is 0. The number of hydrogen-bond acceptors (Lipinski definition) is 4. The van der Waals surface area contributed by atoms with Gasteiger partial charge in [0.25, 0.3) is 0 Å². The lowest BCUT2D eigenvalue weighted by Gasteiger charge is -2.33. The second kappa shape index (κ2) is 8.02. The first kappa shape index (κ1) is 19.3. The number of aryl methyl sites for hydroxylation is 2. The molecule has 142 valence electrons. The van der Waals surface area contributed by atoms with Crippen LogP contribution in [-0.4, -0.2) is 54.7 Å². The van der Waals surface area contributed by atoms with Gasteiger partial charge in [0.1, 0.15) is 0 Å². The smallest absolute Gasteiger partial charge is 0.246 e. The molecule has 0 bridgehead atoms. The lowest BCUT2D eigenvalue weighted by atomic mass is 10.1. The Bertz CT molecular complexity index is 948. The third-order valence-corrected chi connectivity index (χ3v) is 6.66. The minimum atomic E-state index is -3.54. The molecular weight excluding hydrogens is 362 g/mol. The third kappa shape index (κ3) is 4.43. The molecule has 0 saturated carbocycles. The van der Waals surface area contributed by atoms with E-state index in [1.807, 2.05) is 26.0 Å². The van der Waals surface area contributed by atoms with Crippen molar-refractivity contribution in [3.05, 3.63) is 65.5 Å². The van der Waals surface area contributed by atoms with Gasteiger partial charge in [-0.25, -0.2) is 8.42 Å². The fourth-order valence-corrected chi connectivity index (χ4v) is 4.43. The predicted octanol–water partition coefficient (Wildman–Crippen LogP) is 2.24. The standard InChI is InChI=1S/C20H23N3O3S/c1-16-5-7-19(14-17(16)2)27(25,26)23-12-10-22(11-13-23)20(24)8-6-18-4-3-9-21-15-18/h3-9,14-15H,10-13H2,1-2H3/b8-6+. The maximum absolute atomic E-state index is 12.8. The van der Waals surface area contributed by atoms with Gasteiger partial charge in [-0.05, 0) is 54.8 Å². The summed E-state index contributed by atoms with van der Waals surface area (Å²) in [6.45, 7) is 5.19. The molecule has 0 aliphatic carbocycles. The first-order valence-electron chi connectivity index (χ1n) is 8.82. The van der Waals surface area contributed by atoms with Crippen LogP contribution in [0.15, 0.2) is 53.7 Å². The monoisotopic (exact) mass is 385 g/mol. The third-order valence-electron chi connectivity index (χ3n) is 4.77. The van der Waals surface area contributed by atoms with E-state index in [9.17, 15) is 13.2 Å². The van der Waals surface area contributed by atoms with E-state index in [4.69, 9.17) is 0 Å². The molecule has 1 saturated heterocycles. The fourth-order valence-electron chi connectivity index (χ4n) is 2.92. The van der Waals surface area contributed by atoms with Crippen LogP contribution >= 0.6 is 0 Å². The van der Waals surface area contributed by atoms with Crippen LogP contribution in [0, 0.1) is 13.8 Å². The van der Waals surface area contributed by atoms with Crippen molar-refractivity contribution >= 4 is 22.0 Å². The van der Waals surface area contributed by atoms with Gasteiger partial charge in [0.05, 0.1) is 4.90 Å². The van der Waals surface area contributed by atoms with Gasteiger partial charge in [-0.15, -0.1) is 0 Å². The Morgan fingerprint density at radius 2 is 1.81 bits per heavy atom. The summed E-state index contributed by atoms with van der Waals surface area (Å²) in [7, 11) is -3.54. The molecular formula is C20H23N3O3S. The number of amides is 1. The summed E-state index contributed by atoms with van der Waals surface area (Å²) in [4.78, 5) is 18.3. The summed E-state index contributed by atoms with van der Waals surface area (Å²) in [6.07, 6.45) is 6.57. The summed E-state index contributed by atoms with van der Waals surface area (Å²) in [5.41, 5.74) is 2.86. The first-order valence-corrected chi connectivity index (χ1v) is 10.3.